The number of benzene rings is 1. The molecule has 1 unspecified atom stereocenters. The summed E-state index contributed by atoms with van der Waals surface area (Å²) in [6, 6.07) is 7.17. The second-order valence-electron chi connectivity index (χ2n) is 4.46. The van der Waals surface area contributed by atoms with Crippen LogP contribution in [0.5, 0.6) is 0 Å². The van der Waals surface area contributed by atoms with E-state index in [0.717, 1.165) is 17.5 Å². The largest absolute Gasteiger partial charge is 0.390 e. The molecule has 0 amide bonds. The molecule has 0 saturated carbocycles. The van der Waals surface area contributed by atoms with Gasteiger partial charge in [-0.15, -0.1) is 0 Å². The van der Waals surface area contributed by atoms with Crippen LogP contribution in [0.2, 0.25) is 0 Å². The van der Waals surface area contributed by atoms with E-state index in [9.17, 15) is 13.2 Å². The Labute approximate surface area is 105 Å². The predicted octanol–water partition coefficient (Wildman–Crippen LogP) is 2.62. The van der Waals surface area contributed by atoms with Crippen molar-refractivity contribution in [2.24, 2.45) is 5.73 Å². The lowest BCUT2D eigenvalue weighted by atomic mass is 10.1. The second kappa shape index (κ2) is 6.75. The maximum Gasteiger partial charge on any atom is 0.390 e. The van der Waals surface area contributed by atoms with Gasteiger partial charge >= 0.3 is 6.18 Å². The molecule has 0 fully saturated rings. The van der Waals surface area contributed by atoms with Crippen molar-refractivity contribution in [2.75, 3.05) is 6.54 Å². The fraction of sp³-hybridized carbons (Fsp3) is 0.538. The summed E-state index contributed by atoms with van der Waals surface area (Å²) < 4.78 is 36.4. The number of hydrogen-bond donors (Lipinski definition) is 2. The van der Waals surface area contributed by atoms with Gasteiger partial charge in [0, 0.05) is 12.6 Å². The quantitative estimate of drug-likeness (QED) is 0.825. The summed E-state index contributed by atoms with van der Waals surface area (Å²) in [5.41, 5.74) is 7.56. The summed E-state index contributed by atoms with van der Waals surface area (Å²) in [6.45, 7) is 2.58. The van der Waals surface area contributed by atoms with Gasteiger partial charge in [0.15, 0.2) is 0 Å². The van der Waals surface area contributed by atoms with Crippen molar-refractivity contribution in [3.63, 3.8) is 0 Å². The van der Waals surface area contributed by atoms with Crippen LogP contribution in [0.4, 0.5) is 13.2 Å². The molecular formula is C13H19F3N2. The zero-order valence-corrected chi connectivity index (χ0v) is 10.4. The van der Waals surface area contributed by atoms with E-state index in [4.69, 9.17) is 5.73 Å². The van der Waals surface area contributed by atoms with Crippen molar-refractivity contribution in [3.8, 4) is 0 Å². The van der Waals surface area contributed by atoms with Gasteiger partial charge in [-0.3, -0.25) is 0 Å². The Bertz CT molecular complexity index is 346. The van der Waals surface area contributed by atoms with Crippen molar-refractivity contribution >= 4 is 0 Å². The van der Waals surface area contributed by atoms with Gasteiger partial charge in [-0.05, 0) is 31.0 Å². The molecule has 3 N–H and O–H groups in total. The van der Waals surface area contributed by atoms with Crippen LogP contribution in [-0.4, -0.2) is 18.8 Å². The Hall–Kier alpha value is -1.07. The standard InChI is InChI=1S/C13H19F3N2/c1-10(8-13(14,15)16)18-9-12-4-2-11(3-5-12)6-7-17/h2-5,10,18H,6-9,17H2,1H3. The fourth-order valence-electron chi connectivity index (χ4n) is 1.70. The first-order valence-corrected chi connectivity index (χ1v) is 5.99. The topological polar surface area (TPSA) is 38.0 Å². The van der Waals surface area contributed by atoms with Gasteiger partial charge in [0.2, 0.25) is 0 Å². The average Bonchev–Trinajstić information content (AvgIpc) is 2.26. The van der Waals surface area contributed by atoms with E-state index >= 15 is 0 Å². The summed E-state index contributed by atoms with van der Waals surface area (Å²) in [7, 11) is 0. The van der Waals surface area contributed by atoms with Crippen LogP contribution in [0.3, 0.4) is 0 Å². The van der Waals surface area contributed by atoms with Crippen LogP contribution in [0.1, 0.15) is 24.5 Å². The monoisotopic (exact) mass is 260 g/mol. The Balaban J connectivity index is 2.39. The summed E-state index contributed by atoms with van der Waals surface area (Å²) in [5, 5.41) is 2.86. The van der Waals surface area contributed by atoms with Gasteiger partial charge < -0.3 is 11.1 Å². The normalized spacial score (nSPS) is 13.6. The molecule has 0 saturated heterocycles. The van der Waals surface area contributed by atoms with Crippen LogP contribution < -0.4 is 11.1 Å². The Morgan fingerprint density at radius 1 is 1.17 bits per heavy atom. The predicted molar refractivity (Wildman–Crippen MR) is 66.2 cm³/mol. The third kappa shape index (κ3) is 6.02. The van der Waals surface area contributed by atoms with Crippen LogP contribution in [0.25, 0.3) is 0 Å². The maximum atomic E-state index is 12.1. The van der Waals surface area contributed by atoms with E-state index < -0.39 is 18.6 Å². The highest BCUT2D eigenvalue weighted by Crippen LogP contribution is 2.21. The van der Waals surface area contributed by atoms with E-state index in [1.807, 2.05) is 24.3 Å². The molecule has 0 aromatic heterocycles. The fourth-order valence-corrected chi connectivity index (χ4v) is 1.70. The first-order valence-electron chi connectivity index (χ1n) is 5.99. The third-order valence-corrected chi connectivity index (χ3v) is 2.65. The summed E-state index contributed by atoms with van der Waals surface area (Å²) in [5.74, 6) is 0. The number of rotatable bonds is 6. The van der Waals surface area contributed by atoms with Crippen LogP contribution in [0.15, 0.2) is 24.3 Å². The minimum absolute atomic E-state index is 0.445. The molecule has 1 rings (SSSR count). The first-order chi connectivity index (χ1) is 8.40. The lowest BCUT2D eigenvalue weighted by Gasteiger charge is -2.15. The van der Waals surface area contributed by atoms with Gasteiger partial charge in [-0.1, -0.05) is 24.3 Å². The Morgan fingerprint density at radius 2 is 1.72 bits per heavy atom. The molecule has 0 radical (unpaired) electrons. The van der Waals surface area contributed by atoms with Crippen LogP contribution in [-0.2, 0) is 13.0 Å². The van der Waals surface area contributed by atoms with Crippen LogP contribution >= 0.6 is 0 Å². The third-order valence-electron chi connectivity index (χ3n) is 2.65. The summed E-state index contributed by atoms with van der Waals surface area (Å²) in [6.07, 6.45) is -4.10. The zero-order chi connectivity index (χ0) is 13.6. The lowest BCUT2D eigenvalue weighted by Crippen LogP contribution is -2.30. The highest BCUT2D eigenvalue weighted by atomic mass is 19.4. The van der Waals surface area contributed by atoms with Gasteiger partial charge in [-0.2, -0.15) is 13.2 Å². The number of alkyl halides is 3. The molecule has 0 aliphatic carbocycles. The van der Waals surface area contributed by atoms with Crippen molar-refractivity contribution in [3.05, 3.63) is 35.4 Å². The molecule has 2 nitrogen and oxygen atoms in total. The molecule has 0 heterocycles. The van der Waals surface area contributed by atoms with Crippen LogP contribution in [0, 0.1) is 0 Å². The number of halogens is 3. The lowest BCUT2D eigenvalue weighted by molar-refractivity contribution is -0.139. The number of hydrogen-bond acceptors (Lipinski definition) is 2. The average molecular weight is 260 g/mol. The van der Waals surface area contributed by atoms with Crippen molar-refractivity contribution in [2.45, 2.75) is 38.5 Å². The molecular weight excluding hydrogens is 241 g/mol. The molecule has 102 valence electrons. The first kappa shape index (κ1) is 15.0. The molecule has 1 aromatic carbocycles. The zero-order valence-electron chi connectivity index (χ0n) is 10.4. The van der Waals surface area contributed by atoms with Gasteiger partial charge in [0.05, 0.1) is 6.42 Å². The SMILES string of the molecule is CC(CC(F)(F)F)NCc1ccc(CCN)cc1. The van der Waals surface area contributed by atoms with E-state index in [0.29, 0.717) is 13.1 Å². The minimum Gasteiger partial charge on any atom is -0.330 e. The van der Waals surface area contributed by atoms with Gasteiger partial charge in [-0.25, -0.2) is 0 Å². The molecule has 5 heteroatoms. The second-order valence-corrected chi connectivity index (χ2v) is 4.46. The maximum absolute atomic E-state index is 12.1. The molecule has 0 aliphatic heterocycles. The molecule has 1 aromatic rings. The van der Waals surface area contributed by atoms with Gasteiger partial charge in [0.25, 0.3) is 0 Å². The highest BCUT2D eigenvalue weighted by molar-refractivity contribution is 5.22. The highest BCUT2D eigenvalue weighted by Gasteiger charge is 2.29. The van der Waals surface area contributed by atoms with Crippen molar-refractivity contribution in [1.29, 1.82) is 0 Å². The number of nitrogens with two attached hydrogens (primary N) is 1. The van der Waals surface area contributed by atoms with Crippen molar-refractivity contribution in [1.82, 2.24) is 5.32 Å². The Morgan fingerprint density at radius 3 is 2.22 bits per heavy atom. The van der Waals surface area contributed by atoms with Gasteiger partial charge in [0.1, 0.15) is 0 Å². The molecule has 18 heavy (non-hydrogen) atoms. The molecule has 0 spiro atoms. The van der Waals surface area contributed by atoms with E-state index in [1.54, 1.807) is 0 Å². The van der Waals surface area contributed by atoms with Crippen molar-refractivity contribution < 1.29 is 13.2 Å². The molecule has 0 bridgehead atoms. The summed E-state index contributed by atoms with van der Waals surface area (Å²) in [4.78, 5) is 0. The number of nitrogens with one attached hydrogen (secondary N) is 1. The summed E-state index contributed by atoms with van der Waals surface area (Å²) >= 11 is 0. The smallest absolute Gasteiger partial charge is 0.330 e. The molecule has 1 atom stereocenters. The minimum atomic E-state index is -4.11. The van der Waals surface area contributed by atoms with E-state index in [-0.39, 0.29) is 0 Å². The Kier molecular flexibility index (Phi) is 5.62. The van der Waals surface area contributed by atoms with E-state index in [2.05, 4.69) is 5.32 Å². The van der Waals surface area contributed by atoms with E-state index in [1.165, 1.54) is 6.92 Å². The molecule has 0 aliphatic rings.